The largest absolute Gasteiger partial charge is 0.357 e. The van der Waals surface area contributed by atoms with Gasteiger partial charge in [0.25, 0.3) is 0 Å². The molecule has 0 saturated heterocycles. The SMILES string of the molecule is CCNC(=NCCCCn1ccccc1=O)NC(C)CCCC(C)C. The topological polar surface area (TPSA) is 58.4 Å². The summed E-state index contributed by atoms with van der Waals surface area (Å²) in [5.41, 5.74) is 0.0660. The molecular formula is C20H36N4O. The van der Waals surface area contributed by atoms with Gasteiger partial charge in [-0.05, 0) is 45.1 Å². The Bertz CT molecular complexity index is 551. The number of hydrogen-bond donors (Lipinski definition) is 2. The van der Waals surface area contributed by atoms with Gasteiger partial charge >= 0.3 is 0 Å². The smallest absolute Gasteiger partial charge is 0.250 e. The third-order valence-corrected chi connectivity index (χ3v) is 4.12. The molecule has 25 heavy (non-hydrogen) atoms. The molecule has 0 aliphatic heterocycles. The van der Waals surface area contributed by atoms with Gasteiger partial charge in [0, 0.05) is 37.9 Å². The highest BCUT2D eigenvalue weighted by atomic mass is 16.1. The fourth-order valence-electron chi connectivity index (χ4n) is 2.69. The molecule has 2 N–H and O–H groups in total. The number of unbranched alkanes of at least 4 members (excludes halogenated alkanes) is 1. The fraction of sp³-hybridized carbons (Fsp3) is 0.700. The van der Waals surface area contributed by atoms with E-state index in [0.29, 0.717) is 6.04 Å². The van der Waals surface area contributed by atoms with Gasteiger partial charge in [-0.15, -0.1) is 0 Å². The number of pyridine rings is 1. The molecular weight excluding hydrogens is 312 g/mol. The standard InChI is InChI=1S/C20H36N4O/c1-5-21-20(23-18(4)12-10-11-17(2)3)22-14-7-9-16-24-15-8-6-13-19(24)25/h6,8,13,15,17-18H,5,7,9-12,14,16H2,1-4H3,(H2,21,22,23). The van der Waals surface area contributed by atoms with Crippen LogP contribution in [0.4, 0.5) is 0 Å². The van der Waals surface area contributed by atoms with Crippen molar-refractivity contribution in [2.24, 2.45) is 10.9 Å². The van der Waals surface area contributed by atoms with Crippen molar-refractivity contribution in [2.45, 2.75) is 72.4 Å². The van der Waals surface area contributed by atoms with E-state index in [1.807, 2.05) is 12.3 Å². The molecule has 0 saturated carbocycles. The molecule has 0 amide bonds. The van der Waals surface area contributed by atoms with Crippen LogP contribution in [0.5, 0.6) is 0 Å². The van der Waals surface area contributed by atoms with Crippen molar-refractivity contribution in [3.05, 3.63) is 34.7 Å². The van der Waals surface area contributed by atoms with E-state index in [1.54, 1.807) is 16.7 Å². The fourth-order valence-corrected chi connectivity index (χ4v) is 2.69. The van der Waals surface area contributed by atoms with Crippen molar-refractivity contribution in [3.63, 3.8) is 0 Å². The van der Waals surface area contributed by atoms with Crippen LogP contribution in [0.1, 0.15) is 59.8 Å². The maximum atomic E-state index is 11.6. The van der Waals surface area contributed by atoms with Crippen molar-refractivity contribution in [1.82, 2.24) is 15.2 Å². The van der Waals surface area contributed by atoms with Crippen molar-refractivity contribution < 1.29 is 0 Å². The first-order valence-electron chi connectivity index (χ1n) is 9.73. The molecule has 1 aromatic heterocycles. The Hall–Kier alpha value is -1.78. The Morgan fingerprint density at radius 1 is 1.16 bits per heavy atom. The molecule has 0 spiro atoms. The van der Waals surface area contributed by atoms with Crippen molar-refractivity contribution in [2.75, 3.05) is 13.1 Å². The van der Waals surface area contributed by atoms with Gasteiger partial charge in [0.1, 0.15) is 0 Å². The Morgan fingerprint density at radius 2 is 1.96 bits per heavy atom. The molecule has 0 radical (unpaired) electrons. The van der Waals surface area contributed by atoms with Crippen LogP contribution in [0.25, 0.3) is 0 Å². The van der Waals surface area contributed by atoms with Crippen LogP contribution in [0.2, 0.25) is 0 Å². The van der Waals surface area contributed by atoms with Gasteiger partial charge in [0.15, 0.2) is 5.96 Å². The normalized spacial score (nSPS) is 13.1. The van der Waals surface area contributed by atoms with Crippen LogP contribution in [0.15, 0.2) is 34.2 Å². The molecule has 1 atom stereocenters. The average molecular weight is 349 g/mol. The number of nitrogens with one attached hydrogen (secondary N) is 2. The van der Waals surface area contributed by atoms with E-state index in [-0.39, 0.29) is 5.56 Å². The number of aliphatic imine (C=N–C) groups is 1. The number of guanidine groups is 1. The predicted molar refractivity (Wildman–Crippen MR) is 107 cm³/mol. The van der Waals surface area contributed by atoms with E-state index >= 15 is 0 Å². The van der Waals surface area contributed by atoms with Gasteiger partial charge in [0.05, 0.1) is 0 Å². The number of aromatic nitrogens is 1. The van der Waals surface area contributed by atoms with E-state index in [9.17, 15) is 4.79 Å². The minimum Gasteiger partial charge on any atom is -0.357 e. The lowest BCUT2D eigenvalue weighted by Crippen LogP contribution is -2.42. The zero-order chi connectivity index (χ0) is 18.5. The van der Waals surface area contributed by atoms with Gasteiger partial charge < -0.3 is 15.2 Å². The van der Waals surface area contributed by atoms with Gasteiger partial charge in [-0.3, -0.25) is 9.79 Å². The second kappa shape index (κ2) is 12.6. The third-order valence-electron chi connectivity index (χ3n) is 4.12. The lowest BCUT2D eigenvalue weighted by atomic mass is 10.0. The summed E-state index contributed by atoms with van der Waals surface area (Å²) in [6.45, 7) is 11.2. The summed E-state index contributed by atoms with van der Waals surface area (Å²) in [5.74, 6) is 1.67. The molecule has 0 aliphatic carbocycles. The van der Waals surface area contributed by atoms with E-state index in [2.05, 4.69) is 43.3 Å². The molecule has 5 nitrogen and oxygen atoms in total. The highest BCUT2D eigenvalue weighted by Gasteiger charge is 2.05. The summed E-state index contributed by atoms with van der Waals surface area (Å²) in [6, 6.07) is 5.71. The molecule has 5 heteroatoms. The van der Waals surface area contributed by atoms with E-state index < -0.39 is 0 Å². The summed E-state index contributed by atoms with van der Waals surface area (Å²) in [7, 11) is 0. The summed E-state index contributed by atoms with van der Waals surface area (Å²) in [5, 5.41) is 6.81. The summed E-state index contributed by atoms with van der Waals surface area (Å²) < 4.78 is 1.75. The molecule has 0 fully saturated rings. The van der Waals surface area contributed by atoms with Crippen molar-refractivity contribution >= 4 is 5.96 Å². The zero-order valence-corrected chi connectivity index (χ0v) is 16.4. The van der Waals surface area contributed by atoms with E-state index in [4.69, 9.17) is 0 Å². The summed E-state index contributed by atoms with van der Waals surface area (Å²) >= 11 is 0. The average Bonchev–Trinajstić information content (AvgIpc) is 2.56. The Kier molecular flexibility index (Phi) is 10.7. The summed E-state index contributed by atoms with van der Waals surface area (Å²) in [4.78, 5) is 16.3. The first-order valence-corrected chi connectivity index (χ1v) is 9.73. The molecule has 142 valence electrons. The summed E-state index contributed by atoms with van der Waals surface area (Å²) in [6.07, 6.45) is 7.46. The van der Waals surface area contributed by atoms with Crippen LogP contribution in [0, 0.1) is 5.92 Å². The molecule has 1 rings (SSSR count). The number of nitrogens with zero attached hydrogens (tertiary/aromatic N) is 2. The monoisotopic (exact) mass is 348 g/mol. The van der Waals surface area contributed by atoms with E-state index in [0.717, 1.165) is 44.4 Å². The third kappa shape index (κ3) is 9.95. The first-order chi connectivity index (χ1) is 12.0. The Morgan fingerprint density at radius 3 is 2.64 bits per heavy atom. The number of hydrogen-bond acceptors (Lipinski definition) is 2. The minimum atomic E-state index is 0.0660. The first kappa shape index (κ1) is 21.3. The number of aryl methyl sites for hydroxylation is 1. The predicted octanol–water partition coefficient (Wildman–Crippen LogP) is 3.40. The quantitative estimate of drug-likeness (QED) is 0.366. The number of rotatable bonds is 11. The van der Waals surface area contributed by atoms with Gasteiger partial charge in [-0.1, -0.05) is 32.8 Å². The lowest BCUT2D eigenvalue weighted by Gasteiger charge is -2.18. The minimum absolute atomic E-state index is 0.0660. The second-order valence-corrected chi connectivity index (χ2v) is 7.07. The highest BCUT2D eigenvalue weighted by Crippen LogP contribution is 2.08. The highest BCUT2D eigenvalue weighted by molar-refractivity contribution is 5.79. The Labute approximate surface area is 152 Å². The molecule has 0 aromatic carbocycles. The van der Waals surface area contributed by atoms with Gasteiger partial charge in [0.2, 0.25) is 5.56 Å². The molecule has 0 aliphatic rings. The van der Waals surface area contributed by atoms with Crippen LogP contribution in [-0.4, -0.2) is 29.7 Å². The Balaban J connectivity index is 2.32. The molecule has 1 unspecified atom stereocenters. The maximum absolute atomic E-state index is 11.6. The molecule has 0 bridgehead atoms. The van der Waals surface area contributed by atoms with Gasteiger partial charge in [-0.25, -0.2) is 0 Å². The van der Waals surface area contributed by atoms with Gasteiger partial charge in [-0.2, -0.15) is 0 Å². The van der Waals surface area contributed by atoms with Crippen LogP contribution < -0.4 is 16.2 Å². The molecule has 1 heterocycles. The molecule has 1 aromatic rings. The van der Waals surface area contributed by atoms with Crippen molar-refractivity contribution in [3.8, 4) is 0 Å². The second-order valence-electron chi connectivity index (χ2n) is 7.07. The van der Waals surface area contributed by atoms with Crippen molar-refractivity contribution in [1.29, 1.82) is 0 Å². The maximum Gasteiger partial charge on any atom is 0.250 e. The zero-order valence-electron chi connectivity index (χ0n) is 16.4. The van der Waals surface area contributed by atoms with Crippen LogP contribution in [0.3, 0.4) is 0 Å². The van der Waals surface area contributed by atoms with Crippen LogP contribution >= 0.6 is 0 Å². The lowest BCUT2D eigenvalue weighted by molar-refractivity contribution is 0.491. The van der Waals surface area contributed by atoms with Crippen LogP contribution in [-0.2, 0) is 6.54 Å². The van der Waals surface area contributed by atoms with E-state index in [1.165, 1.54) is 19.3 Å².